The molecule has 138 valence electrons. The molecule has 2 aromatic carbocycles. The molecule has 1 amide bonds. The maximum Gasteiger partial charge on any atom is 0.344 e. The molecule has 0 spiro atoms. The van der Waals surface area contributed by atoms with Crippen LogP contribution in [-0.2, 0) is 14.3 Å². The fraction of sp³-hybridized carbons (Fsp3) is 0.300. The standard InChI is InChI=1S/C20H23NO5/c1-4-24-17-7-5-6-8-18(17)25-13-20(23)26-12-19(22)21-16-11-14(2)9-10-15(16)3/h5-11H,4,12-13H2,1-3H3,(H,21,22). The van der Waals surface area contributed by atoms with Crippen LogP contribution in [0.4, 0.5) is 5.69 Å². The Morgan fingerprint density at radius 1 is 0.962 bits per heavy atom. The molecule has 0 fully saturated rings. The van der Waals surface area contributed by atoms with Gasteiger partial charge in [-0.3, -0.25) is 4.79 Å². The molecule has 0 aliphatic heterocycles. The van der Waals surface area contributed by atoms with Crippen molar-refractivity contribution in [2.24, 2.45) is 0 Å². The van der Waals surface area contributed by atoms with Gasteiger partial charge in [-0.25, -0.2) is 4.79 Å². The number of carbonyl (C=O) groups is 2. The lowest BCUT2D eigenvalue weighted by molar-refractivity contribution is -0.149. The number of anilines is 1. The zero-order chi connectivity index (χ0) is 18.9. The minimum Gasteiger partial charge on any atom is -0.490 e. The molecular weight excluding hydrogens is 334 g/mol. The summed E-state index contributed by atoms with van der Waals surface area (Å²) >= 11 is 0. The normalized spacial score (nSPS) is 10.1. The third-order valence-electron chi connectivity index (χ3n) is 3.53. The lowest BCUT2D eigenvalue weighted by Gasteiger charge is -2.12. The first-order valence-corrected chi connectivity index (χ1v) is 8.37. The van der Waals surface area contributed by atoms with Gasteiger partial charge in [0.1, 0.15) is 0 Å². The minimum absolute atomic E-state index is 0.305. The minimum atomic E-state index is -0.632. The zero-order valence-electron chi connectivity index (χ0n) is 15.2. The fourth-order valence-electron chi connectivity index (χ4n) is 2.23. The number of rotatable bonds is 8. The molecule has 26 heavy (non-hydrogen) atoms. The maximum atomic E-state index is 11.9. The number of para-hydroxylation sites is 2. The molecule has 0 aliphatic rings. The summed E-state index contributed by atoms with van der Waals surface area (Å²) in [5, 5.41) is 2.73. The molecule has 0 aliphatic carbocycles. The van der Waals surface area contributed by atoms with E-state index in [4.69, 9.17) is 14.2 Å². The second kappa shape index (κ2) is 9.46. The molecule has 6 nitrogen and oxygen atoms in total. The third kappa shape index (κ3) is 5.81. The number of esters is 1. The summed E-state index contributed by atoms with van der Waals surface area (Å²) in [6.45, 7) is 5.50. The predicted molar refractivity (Wildman–Crippen MR) is 98.6 cm³/mol. The van der Waals surface area contributed by atoms with Crippen molar-refractivity contribution in [3.05, 3.63) is 53.6 Å². The lowest BCUT2D eigenvalue weighted by Crippen LogP contribution is -2.24. The quantitative estimate of drug-likeness (QED) is 0.734. The Morgan fingerprint density at radius 2 is 1.65 bits per heavy atom. The molecule has 0 atom stereocenters. The molecule has 0 bridgehead atoms. The van der Waals surface area contributed by atoms with Crippen molar-refractivity contribution in [1.82, 2.24) is 0 Å². The molecule has 0 heterocycles. The lowest BCUT2D eigenvalue weighted by atomic mass is 10.1. The monoisotopic (exact) mass is 357 g/mol. The summed E-state index contributed by atoms with van der Waals surface area (Å²) < 4.78 is 15.8. The summed E-state index contributed by atoms with van der Waals surface area (Å²) in [6, 6.07) is 12.8. The summed E-state index contributed by atoms with van der Waals surface area (Å²) in [5.74, 6) is -0.0317. The van der Waals surface area contributed by atoms with Gasteiger partial charge in [0.2, 0.25) is 0 Å². The fourth-order valence-corrected chi connectivity index (χ4v) is 2.23. The first kappa shape index (κ1) is 19.3. The second-order valence-corrected chi connectivity index (χ2v) is 5.70. The predicted octanol–water partition coefficient (Wildman–Crippen LogP) is 3.26. The molecule has 6 heteroatoms. The molecule has 0 saturated heterocycles. The van der Waals surface area contributed by atoms with Crippen LogP contribution in [-0.4, -0.2) is 31.7 Å². The molecule has 0 saturated carbocycles. The zero-order valence-corrected chi connectivity index (χ0v) is 15.2. The molecule has 0 unspecified atom stereocenters. The SMILES string of the molecule is CCOc1ccccc1OCC(=O)OCC(=O)Nc1cc(C)ccc1C. The van der Waals surface area contributed by atoms with Gasteiger partial charge in [0, 0.05) is 5.69 Å². The Morgan fingerprint density at radius 3 is 2.35 bits per heavy atom. The van der Waals surface area contributed by atoms with E-state index >= 15 is 0 Å². The number of hydrogen-bond acceptors (Lipinski definition) is 5. The number of ether oxygens (including phenoxy) is 3. The Labute approximate surface area is 153 Å². The van der Waals surface area contributed by atoms with E-state index in [0.717, 1.165) is 11.1 Å². The highest BCUT2D eigenvalue weighted by Gasteiger charge is 2.11. The van der Waals surface area contributed by atoms with Crippen molar-refractivity contribution in [1.29, 1.82) is 0 Å². The van der Waals surface area contributed by atoms with Crippen molar-refractivity contribution < 1.29 is 23.8 Å². The van der Waals surface area contributed by atoms with Gasteiger partial charge < -0.3 is 19.5 Å². The molecule has 1 N–H and O–H groups in total. The highest BCUT2D eigenvalue weighted by atomic mass is 16.6. The van der Waals surface area contributed by atoms with Crippen molar-refractivity contribution in [2.45, 2.75) is 20.8 Å². The van der Waals surface area contributed by atoms with Gasteiger partial charge in [-0.15, -0.1) is 0 Å². The number of benzene rings is 2. The average molecular weight is 357 g/mol. The number of carbonyl (C=O) groups excluding carboxylic acids is 2. The van der Waals surface area contributed by atoms with E-state index in [1.165, 1.54) is 0 Å². The van der Waals surface area contributed by atoms with Crippen molar-refractivity contribution in [2.75, 3.05) is 25.1 Å². The van der Waals surface area contributed by atoms with Crippen LogP contribution in [0.3, 0.4) is 0 Å². The molecule has 0 aromatic heterocycles. The molecular formula is C20H23NO5. The smallest absolute Gasteiger partial charge is 0.344 e. The van der Waals surface area contributed by atoms with E-state index in [0.29, 0.717) is 23.8 Å². The highest BCUT2D eigenvalue weighted by molar-refractivity contribution is 5.93. The van der Waals surface area contributed by atoms with Crippen LogP contribution in [0.2, 0.25) is 0 Å². The Kier molecular flexibility index (Phi) is 7.02. The summed E-state index contributed by atoms with van der Waals surface area (Å²) in [7, 11) is 0. The van der Waals surface area contributed by atoms with Gasteiger partial charge >= 0.3 is 5.97 Å². The second-order valence-electron chi connectivity index (χ2n) is 5.70. The van der Waals surface area contributed by atoms with E-state index in [2.05, 4.69) is 5.32 Å². The van der Waals surface area contributed by atoms with Crippen LogP contribution >= 0.6 is 0 Å². The highest BCUT2D eigenvalue weighted by Crippen LogP contribution is 2.26. The third-order valence-corrected chi connectivity index (χ3v) is 3.53. The van der Waals surface area contributed by atoms with Crippen LogP contribution < -0.4 is 14.8 Å². The van der Waals surface area contributed by atoms with Gasteiger partial charge in [-0.05, 0) is 50.1 Å². The van der Waals surface area contributed by atoms with Crippen molar-refractivity contribution in [3.63, 3.8) is 0 Å². The van der Waals surface area contributed by atoms with Gasteiger partial charge in [0.25, 0.3) is 5.91 Å². The van der Waals surface area contributed by atoms with Crippen LogP contribution in [0.15, 0.2) is 42.5 Å². The average Bonchev–Trinajstić information content (AvgIpc) is 2.62. The van der Waals surface area contributed by atoms with Crippen LogP contribution in [0, 0.1) is 13.8 Å². The van der Waals surface area contributed by atoms with E-state index in [1.54, 1.807) is 18.2 Å². The molecule has 2 aromatic rings. The van der Waals surface area contributed by atoms with E-state index in [1.807, 2.05) is 45.0 Å². The Bertz CT molecular complexity index is 773. The number of aryl methyl sites for hydroxylation is 2. The summed E-state index contributed by atoms with van der Waals surface area (Å²) in [4.78, 5) is 23.7. The van der Waals surface area contributed by atoms with Crippen LogP contribution in [0.1, 0.15) is 18.1 Å². The van der Waals surface area contributed by atoms with Gasteiger partial charge in [0.05, 0.1) is 6.61 Å². The largest absolute Gasteiger partial charge is 0.490 e. The number of hydrogen-bond donors (Lipinski definition) is 1. The van der Waals surface area contributed by atoms with Crippen LogP contribution in [0.25, 0.3) is 0 Å². The molecule has 0 radical (unpaired) electrons. The Hall–Kier alpha value is -3.02. The first-order chi connectivity index (χ1) is 12.5. The number of amides is 1. The van der Waals surface area contributed by atoms with Gasteiger partial charge in [-0.1, -0.05) is 24.3 Å². The maximum absolute atomic E-state index is 11.9. The van der Waals surface area contributed by atoms with Gasteiger partial charge in [0.15, 0.2) is 24.7 Å². The first-order valence-electron chi connectivity index (χ1n) is 8.37. The van der Waals surface area contributed by atoms with E-state index in [-0.39, 0.29) is 13.2 Å². The van der Waals surface area contributed by atoms with E-state index < -0.39 is 11.9 Å². The molecule has 2 rings (SSSR count). The van der Waals surface area contributed by atoms with Crippen LogP contribution in [0.5, 0.6) is 11.5 Å². The number of nitrogens with one attached hydrogen (secondary N) is 1. The van der Waals surface area contributed by atoms with Gasteiger partial charge in [-0.2, -0.15) is 0 Å². The Balaban J connectivity index is 1.80. The van der Waals surface area contributed by atoms with Crippen molar-refractivity contribution >= 4 is 17.6 Å². The topological polar surface area (TPSA) is 73.9 Å². The van der Waals surface area contributed by atoms with E-state index in [9.17, 15) is 9.59 Å². The summed E-state index contributed by atoms with van der Waals surface area (Å²) in [6.07, 6.45) is 0. The van der Waals surface area contributed by atoms with Crippen molar-refractivity contribution in [3.8, 4) is 11.5 Å². The summed E-state index contributed by atoms with van der Waals surface area (Å²) in [5.41, 5.74) is 2.67.